The smallest absolute Gasteiger partial charge is 0.305 e. The van der Waals surface area contributed by atoms with Gasteiger partial charge in [0.05, 0.1) is 19.2 Å². The fraction of sp³-hybridized carbons (Fsp3) is 0.667. The van der Waals surface area contributed by atoms with E-state index in [-0.39, 0.29) is 5.97 Å². The second-order valence-electron chi connectivity index (χ2n) is 4.05. The first-order valence-corrected chi connectivity index (χ1v) is 6.81. The fourth-order valence-electron chi connectivity index (χ4n) is 1.54. The minimum absolute atomic E-state index is 0.188. The van der Waals surface area contributed by atoms with Crippen LogP contribution in [0.2, 0.25) is 0 Å². The summed E-state index contributed by atoms with van der Waals surface area (Å²) >= 11 is 1.59. The van der Waals surface area contributed by atoms with Gasteiger partial charge in [-0.1, -0.05) is 13.3 Å². The number of ether oxygens (including phenoxy) is 1. The molecule has 1 rings (SSSR count). The number of nitrogens with zero attached hydrogens (tertiary/aromatic N) is 1. The van der Waals surface area contributed by atoms with Crippen molar-refractivity contribution in [3.8, 4) is 0 Å². The lowest BCUT2D eigenvalue weighted by atomic mass is 10.2. The van der Waals surface area contributed by atoms with Crippen molar-refractivity contribution in [1.29, 1.82) is 0 Å². The predicted octanol–water partition coefficient (Wildman–Crippen LogP) is 2.85. The third-order valence-electron chi connectivity index (χ3n) is 2.46. The normalized spacial score (nSPS) is 12.2. The van der Waals surface area contributed by atoms with E-state index in [4.69, 9.17) is 0 Å². The molecule has 17 heavy (non-hydrogen) atoms. The molecule has 4 nitrogen and oxygen atoms in total. The van der Waals surface area contributed by atoms with Crippen molar-refractivity contribution in [1.82, 2.24) is 4.98 Å². The van der Waals surface area contributed by atoms with Crippen molar-refractivity contribution in [3.05, 3.63) is 11.1 Å². The number of hydrogen-bond acceptors (Lipinski definition) is 5. The van der Waals surface area contributed by atoms with Crippen molar-refractivity contribution in [2.24, 2.45) is 0 Å². The van der Waals surface area contributed by atoms with Crippen molar-refractivity contribution >= 4 is 22.4 Å². The number of methoxy groups -OCH3 is 1. The van der Waals surface area contributed by atoms with Crippen LogP contribution in [0.5, 0.6) is 0 Å². The van der Waals surface area contributed by atoms with Gasteiger partial charge in [0.1, 0.15) is 0 Å². The summed E-state index contributed by atoms with van der Waals surface area (Å²) < 4.78 is 4.60. The van der Waals surface area contributed by atoms with Gasteiger partial charge < -0.3 is 10.1 Å². The molecule has 96 valence electrons. The number of rotatable bonds is 7. The number of esters is 1. The van der Waals surface area contributed by atoms with E-state index >= 15 is 0 Å². The third kappa shape index (κ3) is 5.17. The van der Waals surface area contributed by atoms with Crippen LogP contribution in [0, 0.1) is 0 Å². The Morgan fingerprint density at radius 2 is 2.41 bits per heavy atom. The predicted molar refractivity (Wildman–Crippen MR) is 70.4 cm³/mol. The number of aryl methyl sites for hydroxylation is 1. The van der Waals surface area contributed by atoms with E-state index in [9.17, 15) is 4.79 Å². The zero-order chi connectivity index (χ0) is 12.7. The molecular weight excluding hydrogens is 236 g/mol. The minimum Gasteiger partial charge on any atom is -0.469 e. The number of thiazole rings is 1. The summed E-state index contributed by atoms with van der Waals surface area (Å²) in [6, 6.07) is 0.444. The highest BCUT2D eigenvalue weighted by Gasteiger charge is 2.07. The first-order chi connectivity index (χ1) is 8.15. The van der Waals surface area contributed by atoms with Crippen molar-refractivity contribution < 1.29 is 9.53 Å². The molecule has 0 bridgehead atoms. The van der Waals surface area contributed by atoms with Gasteiger partial charge in [-0.25, -0.2) is 4.98 Å². The molecule has 5 heteroatoms. The average molecular weight is 256 g/mol. The van der Waals surface area contributed by atoms with Crippen LogP contribution < -0.4 is 5.32 Å². The molecule has 0 saturated heterocycles. The Morgan fingerprint density at radius 1 is 1.65 bits per heavy atom. The number of nitrogens with one attached hydrogen (secondary N) is 1. The first kappa shape index (κ1) is 14.0. The molecule has 1 aromatic heterocycles. The van der Waals surface area contributed by atoms with Crippen LogP contribution in [-0.2, 0) is 16.0 Å². The lowest BCUT2D eigenvalue weighted by Crippen LogP contribution is -2.14. The quantitative estimate of drug-likeness (QED) is 0.762. The Balaban J connectivity index is 2.39. The van der Waals surface area contributed by atoms with Gasteiger partial charge in [0.25, 0.3) is 0 Å². The molecule has 0 aliphatic carbocycles. The lowest BCUT2D eigenvalue weighted by Gasteiger charge is -2.10. The Labute approximate surface area is 106 Å². The number of carbonyl (C=O) groups excluding carboxylic acids is 1. The van der Waals surface area contributed by atoms with Gasteiger partial charge in [0.2, 0.25) is 0 Å². The molecule has 1 heterocycles. The molecule has 0 spiro atoms. The molecule has 1 N–H and O–H groups in total. The molecule has 0 aliphatic rings. The summed E-state index contributed by atoms with van der Waals surface area (Å²) in [7, 11) is 1.41. The number of aromatic nitrogens is 1. The molecule has 1 unspecified atom stereocenters. The highest BCUT2D eigenvalue weighted by Crippen LogP contribution is 2.18. The Kier molecular flexibility index (Phi) is 5.97. The van der Waals surface area contributed by atoms with Crippen LogP contribution in [0.15, 0.2) is 5.38 Å². The molecule has 0 aromatic carbocycles. The Bertz CT molecular complexity index is 352. The van der Waals surface area contributed by atoms with Gasteiger partial charge in [-0.15, -0.1) is 11.3 Å². The van der Waals surface area contributed by atoms with Crippen LogP contribution in [0.4, 0.5) is 5.13 Å². The Hall–Kier alpha value is -1.10. The molecule has 0 amide bonds. The third-order valence-corrected chi connectivity index (χ3v) is 3.28. The molecule has 1 atom stereocenters. The number of hydrogen-bond donors (Lipinski definition) is 1. The highest BCUT2D eigenvalue weighted by molar-refractivity contribution is 7.13. The summed E-state index contributed by atoms with van der Waals surface area (Å²) in [5.74, 6) is -0.188. The molecule has 1 aromatic rings. The fourth-order valence-corrected chi connectivity index (χ4v) is 2.39. The molecule has 0 fully saturated rings. The van der Waals surface area contributed by atoms with Gasteiger partial charge in [-0.2, -0.15) is 0 Å². The van der Waals surface area contributed by atoms with Crippen molar-refractivity contribution in [2.75, 3.05) is 12.4 Å². The maximum Gasteiger partial charge on any atom is 0.305 e. The molecule has 0 radical (unpaired) electrons. The van der Waals surface area contributed by atoms with E-state index < -0.39 is 0 Å². The number of anilines is 1. The second-order valence-corrected chi connectivity index (χ2v) is 4.91. The molecule has 0 saturated carbocycles. The first-order valence-electron chi connectivity index (χ1n) is 5.93. The maximum atomic E-state index is 11.0. The Morgan fingerprint density at radius 3 is 3.06 bits per heavy atom. The topological polar surface area (TPSA) is 51.2 Å². The van der Waals surface area contributed by atoms with E-state index in [1.54, 1.807) is 11.3 Å². The largest absolute Gasteiger partial charge is 0.469 e. The van der Waals surface area contributed by atoms with E-state index in [0.29, 0.717) is 18.9 Å². The molecular formula is C12H20N2O2S. The zero-order valence-electron chi connectivity index (χ0n) is 10.7. The van der Waals surface area contributed by atoms with E-state index in [0.717, 1.165) is 23.7 Å². The van der Waals surface area contributed by atoms with Crippen LogP contribution >= 0.6 is 11.3 Å². The average Bonchev–Trinajstić information content (AvgIpc) is 2.74. The van der Waals surface area contributed by atoms with E-state index in [2.05, 4.69) is 28.9 Å². The van der Waals surface area contributed by atoms with Crippen LogP contribution in [0.1, 0.15) is 38.8 Å². The van der Waals surface area contributed by atoms with Gasteiger partial charge >= 0.3 is 5.97 Å². The van der Waals surface area contributed by atoms with Crippen molar-refractivity contribution in [2.45, 2.75) is 45.6 Å². The standard InChI is InChI=1S/C12H20N2O2S/c1-4-5-9(2)13-12-14-10(8-17-12)6-7-11(15)16-3/h8-9H,4-7H2,1-3H3,(H,13,14). The maximum absolute atomic E-state index is 11.0. The minimum atomic E-state index is -0.188. The molecule has 0 aliphatic heterocycles. The SMILES string of the molecule is CCCC(C)Nc1nc(CCC(=O)OC)cs1. The van der Waals surface area contributed by atoms with E-state index in [1.807, 2.05) is 5.38 Å². The van der Waals surface area contributed by atoms with Gasteiger partial charge in [0.15, 0.2) is 5.13 Å². The van der Waals surface area contributed by atoms with Crippen LogP contribution in [-0.4, -0.2) is 24.1 Å². The summed E-state index contributed by atoms with van der Waals surface area (Å²) in [5, 5.41) is 6.28. The highest BCUT2D eigenvalue weighted by atomic mass is 32.1. The summed E-state index contributed by atoms with van der Waals surface area (Å²) in [6.45, 7) is 4.32. The van der Waals surface area contributed by atoms with Crippen LogP contribution in [0.25, 0.3) is 0 Å². The summed E-state index contributed by atoms with van der Waals surface area (Å²) in [5.41, 5.74) is 0.951. The van der Waals surface area contributed by atoms with Gasteiger partial charge in [-0.05, 0) is 13.3 Å². The van der Waals surface area contributed by atoms with Crippen molar-refractivity contribution in [3.63, 3.8) is 0 Å². The monoisotopic (exact) mass is 256 g/mol. The van der Waals surface area contributed by atoms with Gasteiger partial charge in [0, 0.05) is 17.8 Å². The van der Waals surface area contributed by atoms with Gasteiger partial charge in [-0.3, -0.25) is 4.79 Å². The lowest BCUT2D eigenvalue weighted by molar-refractivity contribution is -0.140. The van der Waals surface area contributed by atoms with Crippen LogP contribution in [0.3, 0.4) is 0 Å². The number of carbonyl (C=O) groups is 1. The zero-order valence-corrected chi connectivity index (χ0v) is 11.5. The second kappa shape index (κ2) is 7.27. The summed E-state index contributed by atoms with van der Waals surface area (Å²) in [4.78, 5) is 15.4. The van der Waals surface area contributed by atoms with E-state index in [1.165, 1.54) is 7.11 Å². The summed E-state index contributed by atoms with van der Waals surface area (Å²) in [6.07, 6.45) is 3.34.